The van der Waals surface area contributed by atoms with Crippen molar-refractivity contribution in [1.29, 1.82) is 0 Å². The molecule has 0 aliphatic carbocycles. The minimum absolute atomic E-state index is 0.00791. The van der Waals surface area contributed by atoms with Crippen LogP contribution in [0.3, 0.4) is 0 Å². The van der Waals surface area contributed by atoms with Gasteiger partial charge in [-0.3, -0.25) is 4.79 Å². The zero-order valence-electron chi connectivity index (χ0n) is 14.7. The first-order valence-electron chi connectivity index (χ1n) is 7.96. The summed E-state index contributed by atoms with van der Waals surface area (Å²) in [6, 6.07) is 8.46. The topological polar surface area (TPSA) is 114 Å². The fraction of sp³-hybridized carbons (Fsp3) is 0.167. The summed E-state index contributed by atoms with van der Waals surface area (Å²) in [4.78, 5) is 15.3. The molecule has 7 nitrogen and oxygen atoms in total. The van der Waals surface area contributed by atoms with Crippen molar-refractivity contribution in [2.75, 3.05) is 12.4 Å². The first-order chi connectivity index (χ1) is 12.7. The van der Waals surface area contributed by atoms with Crippen LogP contribution in [0.15, 0.2) is 41.3 Å². The van der Waals surface area contributed by atoms with Crippen LogP contribution in [0.25, 0.3) is 10.9 Å². The molecule has 0 aliphatic rings. The van der Waals surface area contributed by atoms with Crippen molar-refractivity contribution in [2.24, 2.45) is 5.14 Å². The number of aromatic amines is 1. The number of sulfonamides is 1. The lowest BCUT2D eigenvalue weighted by Gasteiger charge is -2.10. The molecule has 2 aromatic carbocycles. The number of H-pyrrole nitrogens is 1. The van der Waals surface area contributed by atoms with Crippen molar-refractivity contribution < 1.29 is 22.3 Å². The molecule has 3 rings (SSSR count). The number of benzene rings is 2. The Bertz CT molecular complexity index is 1140. The van der Waals surface area contributed by atoms with Gasteiger partial charge in [0.05, 0.1) is 13.5 Å². The average Bonchev–Trinajstić information content (AvgIpc) is 2.89. The number of hydrogen-bond donors (Lipinski definition) is 3. The van der Waals surface area contributed by atoms with E-state index in [0.29, 0.717) is 10.9 Å². The molecule has 0 atom stereocenters. The Morgan fingerprint density at radius 3 is 2.67 bits per heavy atom. The summed E-state index contributed by atoms with van der Waals surface area (Å²) in [6.07, 6.45) is -0.00791. The SMILES string of the molecule is COc1ccc(NC(=O)Cc2c(C)[nH]c3ccc(F)cc23)cc1S(N)(=O)=O. The number of anilines is 1. The molecule has 0 saturated heterocycles. The standard InChI is InChI=1S/C18H18FN3O4S/c1-10-13(14-7-11(19)3-5-15(14)21-10)9-18(23)22-12-4-6-16(26-2)17(8-12)27(20,24)25/h3-8,21H,9H2,1-2H3,(H,22,23)(H2,20,24,25). The number of carbonyl (C=O) groups is 1. The lowest BCUT2D eigenvalue weighted by atomic mass is 10.1. The van der Waals surface area contributed by atoms with Gasteiger partial charge in [-0.25, -0.2) is 17.9 Å². The second-order valence-electron chi connectivity index (χ2n) is 6.05. The summed E-state index contributed by atoms with van der Waals surface area (Å²) >= 11 is 0. The summed E-state index contributed by atoms with van der Waals surface area (Å²) in [5.41, 5.74) is 2.42. The third kappa shape index (κ3) is 3.93. The van der Waals surface area contributed by atoms with Crippen molar-refractivity contribution in [3.8, 4) is 5.75 Å². The number of nitrogens with two attached hydrogens (primary N) is 1. The molecular weight excluding hydrogens is 373 g/mol. The summed E-state index contributed by atoms with van der Waals surface area (Å²) < 4.78 is 41.9. The van der Waals surface area contributed by atoms with E-state index in [1.165, 1.54) is 37.4 Å². The highest BCUT2D eigenvalue weighted by molar-refractivity contribution is 7.89. The fourth-order valence-electron chi connectivity index (χ4n) is 2.92. The Morgan fingerprint density at radius 2 is 2.00 bits per heavy atom. The van der Waals surface area contributed by atoms with Crippen LogP contribution in [0.5, 0.6) is 5.75 Å². The molecule has 0 aliphatic heterocycles. The number of nitrogens with one attached hydrogen (secondary N) is 2. The molecule has 27 heavy (non-hydrogen) atoms. The van der Waals surface area contributed by atoms with Crippen LogP contribution in [0.4, 0.5) is 10.1 Å². The molecule has 142 valence electrons. The van der Waals surface area contributed by atoms with Crippen LogP contribution in [0.1, 0.15) is 11.3 Å². The van der Waals surface area contributed by atoms with Gasteiger partial charge >= 0.3 is 0 Å². The minimum atomic E-state index is -4.02. The normalized spacial score (nSPS) is 11.6. The lowest BCUT2D eigenvalue weighted by Crippen LogP contribution is -2.17. The number of carbonyl (C=O) groups excluding carboxylic acids is 1. The smallest absolute Gasteiger partial charge is 0.241 e. The van der Waals surface area contributed by atoms with Crippen molar-refractivity contribution in [1.82, 2.24) is 4.98 Å². The van der Waals surface area contributed by atoms with E-state index in [1.807, 2.05) is 0 Å². The molecule has 3 aromatic rings. The average molecular weight is 391 g/mol. The zero-order chi connectivity index (χ0) is 19.8. The van der Waals surface area contributed by atoms with Gasteiger partial charge < -0.3 is 15.0 Å². The van der Waals surface area contributed by atoms with Gasteiger partial charge in [0, 0.05) is 22.3 Å². The lowest BCUT2D eigenvalue weighted by molar-refractivity contribution is -0.115. The van der Waals surface area contributed by atoms with Crippen molar-refractivity contribution in [3.05, 3.63) is 53.5 Å². The largest absolute Gasteiger partial charge is 0.495 e. The number of rotatable bonds is 5. The summed E-state index contributed by atoms with van der Waals surface area (Å²) in [5.74, 6) is -0.691. The van der Waals surface area contributed by atoms with Gasteiger partial charge in [-0.15, -0.1) is 0 Å². The minimum Gasteiger partial charge on any atom is -0.495 e. The number of hydrogen-bond acceptors (Lipinski definition) is 4. The number of methoxy groups -OCH3 is 1. The molecule has 0 spiro atoms. The van der Waals surface area contributed by atoms with Gasteiger partial charge in [-0.05, 0) is 48.9 Å². The quantitative estimate of drug-likeness (QED) is 0.620. The van der Waals surface area contributed by atoms with E-state index in [0.717, 1.165) is 11.2 Å². The van der Waals surface area contributed by atoms with Crippen LogP contribution < -0.4 is 15.2 Å². The van der Waals surface area contributed by atoms with Crippen molar-refractivity contribution >= 4 is 32.5 Å². The Hall–Kier alpha value is -2.91. The maximum atomic E-state index is 13.5. The number of primary sulfonamides is 1. The molecule has 0 fully saturated rings. The van der Waals surface area contributed by atoms with E-state index in [4.69, 9.17) is 9.88 Å². The van der Waals surface area contributed by atoms with Gasteiger partial charge in [0.25, 0.3) is 0 Å². The van der Waals surface area contributed by atoms with E-state index < -0.39 is 15.8 Å². The molecule has 0 saturated carbocycles. The van der Waals surface area contributed by atoms with E-state index in [-0.39, 0.29) is 28.7 Å². The van der Waals surface area contributed by atoms with Crippen LogP contribution in [-0.4, -0.2) is 26.4 Å². The highest BCUT2D eigenvalue weighted by Crippen LogP contribution is 2.27. The molecule has 1 amide bonds. The van der Waals surface area contributed by atoms with E-state index in [2.05, 4.69) is 10.3 Å². The van der Waals surface area contributed by atoms with Crippen molar-refractivity contribution in [2.45, 2.75) is 18.2 Å². The number of amides is 1. The summed E-state index contributed by atoms with van der Waals surface area (Å²) in [5, 5.41) is 8.43. The van der Waals surface area contributed by atoms with Gasteiger partial charge in [0.1, 0.15) is 16.5 Å². The second kappa shape index (κ2) is 7.01. The number of aryl methyl sites for hydroxylation is 1. The van der Waals surface area contributed by atoms with E-state index >= 15 is 0 Å². The molecule has 4 N–H and O–H groups in total. The van der Waals surface area contributed by atoms with Gasteiger partial charge in [-0.2, -0.15) is 0 Å². The molecule has 1 aromatic heterocycles. The monoisotopic (exact) mass is 391 g/mol. The predicted octanol–water partition coefficient (Wildman–Crippen LogP) is 2.45. The molecule has 0 radical (unpaired) electrons. The molecule has 0 unspecified atom stereocenters. The van der Waals surface area contributed by atoms with Crippen LogP contribution in [-0.2, 0) is 21.2 Å². The Balaban J connectivity index is 1.87. The number of ether oxygens (including phenoxy) is 1. The molecule has 0 bridgehead atoms. The second-order valence-corrected chi connectivity index (χ2v) is 7.58. The summed E-state index contributed by atoms with van der Waals surface area (Å²) in [6.45, 7) is 1.80. The van der Waals surface area contributed by atoms with Gasteiger partial charge in [0.2, 0.25) is 15.9 Å². The van der Waals surface area contributed by atoms with E-state index in [1.54, 1.807) is 13.0 Å². The maximum absolute atomic E-state index is 13.5. The molecule has 9 heteroatoms. The van der Waals surface area contributed by atoms with Crippen molar-refractivity contribution in [3.63, 3.8) is 0 Å². The first-order valence-corrected chi connectivity index (χ1v) is 9.51. The number of halogens is 1. The van der Waals surface area contributed by atoms with Gasteiger partial charge in [-0.1, -0.05) is 0 Å². The Morgan fingerprint density at radius 1 is 1.26 bits per heavy atom. The Labute approximate surface area is 155 Å². The maximum Gasteiger partial charge on any atom is 0.241 e. The number of fused-ring (bicyclic) bond motifs is 1. The van der Waals surface area contributed by atoms with Crippen LogP contribution in [0.2, 0.25) is 0 Å². The zero-order valence-corrected chi connectivity index (χ0v) is 15.5. The first kappa shape index (κ1) is 18.9. The third-order valence-corrected chi connectivity index (χ3v) is 5.10. The Kier molecular flexibility index (Phi) is 4.90. The van der Waals surface area contributed by atoms with Crippen LogP contribution >= 0.6 is 0 Å². The third-order valence-electron chi connectivity index (χ3n) is 4.17. The summed E-state index contributed by atoms with van der Waals surface area (Å²) in [7, 11) is -2.70. The molecular formula is C18H18FN3O4S. The highest BCUT2D eigenvalue weighted by Gasteiger charge is 2.17. The van der Waals surface area contributed by atoms with Gasteiger partial charge in [0.15, 0.2) is 0 Å². The fourth-order valence-corrected chi connectivity index (χ4v) is 3.65. The predicted molar refractivity (Wildman–Crippen MR) is 99.7 cm³/mol. The highest BCUT2D eigenvalue weighted by atomic mass is 32.2. The molecule has 1 heterocycles. The van der Waals surface area contributed by atoms with E-state index in [9.17, 15) is 17.6 Å². The number of aromatic nitrogens is 1. The van der Waals surface area contributed by atoms with Crippen LogP contribution in [0, 0.1) is 12.7 Å².